The van der Waals surface area contributed by atoms with Crippen molar-refractivity contribution >= 4 is 5.91 Å². The van der Waals surface area contributed by atoms with E-state index in [0.29, 0.717) is 5.82 Å². The number of imidazole rings is 1. The van der Waals surface area contributed by atoms with Crippen LogP contribution in [0.1, 0.15) is 16.2 Å². The fourth-order valence-electron chi connectivity index (χ4n) is 1.31. The normalized spacial score (nSPS) is 10.1. The molecule has 2 aromatic heterocycles. The van der Waals surface area contributed by atoms with E-state index in [4.69, 9.17) is 5.84 Å². The molecule has 3 N–H and O–H groups in total. The number of nitrogens with zero attached hydrogens (tertiary/aromatic N) is 3. The highest BCUT2D eigenvalue weighted by Gasteiger charge is 2.08. The topological polar surface area (TPSA) is 85.8 Å². The van der Waals surface area contributed by atoms with Gasteiger partial charge in [-0.3, -0.25) is 14.8 Å². The molecule has 2 rings (SSSR count). The van der Waals surface area contributed by atoms with Crippen LogP contribution >= 0.6 is 0 Å². The number of pyridine rings is 1. The van der Waals surface area contributed by atoms with Gasteiger partial charge in [-0.05, 0) is 19.1 Å². The first-order valence-corrected chi connectivity index (χ1v) is 4.69. The van der Waals surface area contributed by atoms with Crippen LogP contribution in [0.15, 0.2) is 30.7 Å². The Hall–Kier alpha value is -2.21. The van der Waals surface area contributed by atoms with Crippen molar-refractivity contribution in [3.8, 4) is 5.82 Å². The molecule has 0 bridgehead atoms. The van der Waals surface area contributed by atoms with E-state index in [1.54, 1.807) is 10.8 Å². The predicted octanol–water partition coefficient (Wildman–Crippen LogP) is 0.179. The molecule has 0 atom stereocenters. The van der Waals surface area contributed by atoms with E-state index >= 15 is 0 Å². The van der Waals surface area contributed by atoms with Gasteiger partial charge in [-0.1, -0.05) is 6.07 Å². The highest BCUT2D eigenvalue weighted by atomic mass is 16.2. The van der Waals surface area contributed by atoms with Crippen molar-refractivity contribution in [2.45, 2.75) is 6.92 Å². The van der Waals surface area contributed by atoms with E-state index in [1.807, 2.05) is 30.5 Å². The predicted molar refractivity (Wildman–Crippen MR) is 57.7 cm³/mol. The number of carbonyl (C=O) groups is 1. The summed E-state index contributed by atoms with van der Waals surface area (Å²) in [6.07, 6.45) is 3.09. The number of nitrogens with one attached hydrogen (secondary N) is 1. The zero-order valence-corrected chi connectivity index (χ0v) is 8.71. The molecule has 0 spiro atoms. The second-order valence-electron chi connectivity index (χ2n) is 3.28. The number of aryl methyl sites for hydroxylation is 1. The number of hydrogen-bond donors (Lipinski definition) is 2. The van der Waals surface area contributed by atoms with E-state index in [1.165, 1.54) is 6.33 Å². The quantitative estimate of drug-likeness (QED) is 0.427. The molecule has 16 heavy (non-hydrogen) atoms. The molecule has 0 aliphatic rings. The van der Waals surface area contributed by atoms with Crippen LogP contribution < -0.4 is 11.3 Å². The lowest BCUT2D eigenvalue weighted by Gasteiger charge is -2.00. The van der Waals surface area contributed by atoms with Crippen LogP contribution in [0.25, 0.3) is 5.82 Å². The summed E-state index contributed by atoms with van der Waals surface area (Å²) in [5, 5.41) is 0. The summed E-state index contributed by atoms with van der Waals surface area (Å²) in [5.41, 5.74) is 3.18. The van der Waals surface area contributed by atoms with Gasteiger partial charge in [0.1, 0.15) is 17.8 Å². The number of amides is 1. The van der Waals surface area contributed by atoms with Gasteiger partial charge in [-0.2, -0.15) is 0 Å². The van der Waals surface area contributed by atoms with Gasteiger partial charge in [-0.25, -0.2) is 15.8 Å². The molecule has 0 saturated heterocycles. The number of aromatic nitrogens is 3. The van der Waals surface area contributed by atoms with Crippen LogP contribution in [-0.4, -0.2) is 20.4 Å². The van der Waals surface area contributed by atoms with Gasteiger partial charge in [0, 0.05) is 11.9 Å². The van der Waals surface area contributed by atoms with Crippen molar-refractivity contribution in [1.29, 1.82) is 0 Å². The maximum atomic E-state index is 11.2. The summed E-state index contributed by atoms with van der Waals surface area (Å²) in [5.74, 6) is 5.30. The lowest BCUT2D eigenvalue weighted by Crippen LogP contribution is -2.30. The second kappa shape index (κ2) is 4.11. The first-order chi connectivity index (χ1) is 7.70. The van der Waals surface area contributed by atoms with Crippen molar-refractivity contribution < 1.29 is 4.79 Å². The molecule has 2 heterocycles. The highest BCUT2D eigenvalue weighted by molar-refractivity contribution is 5.91. The Kier molecular flexibility index (Phi) is 2.65. The molecule has 0 radical (unpaired) electrons. The minimum absolute atomic E-state index is 0.255. The maximum Gasteiger partial charge on any atom is 0.285 e. The summed E-state index contributed by atoms with van der Waals surface area (Å²) in [6.45, 7) is 1.90. The summed E-state index contributed by atoms with van der Waals surface area (Å²) in [7, 11) is 0. The molecule has 0 fully saturated rings. The molecule has 0 aliphatic heterocycles. The first kappa shape index (κ1) is 10.3. The van der Waals surface area contributed by atoms with Crippen molar-refractivity contribution in [3.63, 3.8) is 0 Å². The number of carbonyl (C=O) groups excluding carboxylic acids is 1. The Balaban J connectivity index is 2.35. The minimum atomic E-state index is -0.425. The molecule has 0 unspecified atom stereocenters. The SMILES string of the molecule is Cc1cccc(-n2cnc(C(=O)NN)c2)n1. The van der Waals surface area contributed by atoms with Crippen LogP contribution in [0.2, 0.25) is 0 Å². The molecule has 82 valence electrons. The van der Waals surface area contributed by atoms with Crippen molar-refractivity contribution in [2.24, 2.45) is 5.84 Å². The smallest absolute Gasteiger partial charge is 0.285 e. The van der Waals surface area contributed by atoms with Gasteiger partial charge >= 0.3 is 0 Å². The summed E-state index contributed by atoms with van der Waals surface area (Å²) in [6, 6.07) is 5.62. The van der Waals surface area contributed by atoms with Gasteiger partial charge in [0.25, 0.3) is 5.91 Å². The standard InChI is InChI=1S/C10H11N5O/c1-7-3-2-4-9(13-7)15-5-8(12-6-15)10(16)14-11/h2-6H,11H2,1H3,(H,14,16). The summed E-state index contributed by atoms with van der Waals surface area (Å²) < 4.78 is 1.66. The van der Waals surface area contributed by atoms with E-state index in [9.17, 15) is 4.79 Å². The lowest BCUT2D eigenvalue weighted by atomic mass is 10.4. The number of hydrogen-bond acceptors (Lipinski definition) is 4. The molecule has 0 saturated carbocycles. The number of hydrazine groups is 1. The molecule has 1 amide bonds. The van der Waals surface area contributed by atoms with Crippen LogP contribution in [0.5, 0.6) is 0 Å². The third-order valence-electron chi connectivity index (χ3n) is 2.08. The molecule has 0 aromatic carbocycles. The molecule has 6 heteroatoms. The van der Waals surface area contributed by atoms with Crippen molar-refractivity contribution in [1.82, 2.24) is 20.0 Å². The molecule has 6 nitrogen and oxygen atoms in total. The van der Waals surface area contributed by atoms with Crippen LogP contribution in [0.3, 0.4) is 0 Å². The van der Waals surface area contributed by atoms with E-state index in [0.717, 1.165) is 5.69 Å². The van der Waals surface area contributed by atoms with Gasteiger partial charge in [0.2, 0.25) is 0 Å². The van der Waals surface area contributed by atoms with Gasteiger partial charge in [0.15, 0.2) is 0 Å². The van der Waals surface area contributed by atoms with Crippen molar-refractivity contribution in [2.75, 3.05) is 0 Å². The van der Waals surface area contributed by atoms with Gasteiger partial charge in [-0.15, -0.1) is 0 Å². The Labute approximate surface area is 92.1 Å². The monoisotopic (exact) mass is 217 g/mol. The minimum Gasteiger partial charge on any atom is -0.290 e. The first-order valence-electron chi connectivity index (χ1n) is 4.69. The van der Waals surface area contributed by atoms with Gasteiger partial charge in [0.05, 0.1) is 0 Å². The Bertz CT molecular complexity index is 519. The van der Waals surface area contributed by atoms with Crippen LogP contribution in [-0.2, 0) is 0 Å². The van der Waals surface area contributed by atoms with E-state index in [-0.39, 0.29) is 5.69 Å². The average Bonchev–Trinajstić information content (AvgIpc) is 2.77. The van der Waals surface area contributed by atoms with Crippen LogP contribution in [0, 0.1) is 6.92 Å². The molecule has 2 aromatic rings. The average molecular weight is 217 g/mol. The van der Waals surface area contributed by atoms with Gasteiger partial charge < -0.3 is 0 Å². The Morgan fingerprint density at radius 2 is 2.31 bits per heavy atom. The fraction of sp³-hybridized carbons (Fsp3) is 0.100. The third-order valence-corrected chi connectivity index (χ3v) is 2.08. The maximum absolute atomic E-state index is 11.2. The zero-order chi connectivity index (χ0) is 11.5. The zero-order valence-electron chi connectivity index (χ0n) is 8.71. The summed E-state index contributed by atoms with van der Waals surface area (Å²) in [4.78, 5) is 19.4. The van der Waals surface area contributed by atoms with Crippen molar-refractivity contribution in [3.05, 3.63) is 42.1 Å². The fourth-order valence-corrected chi connectivity index (χ4v) is 1.31. The summed E-state index contributed by atoms with van der Waals surface area (Å²) >= 11 is 0. The third kappa shape index (κ3) is 1.91. The Morgan fingerprint density at radius 1 is 1.50 bits per heavy atom. The number of nitrogen functional groups attached to an aromatic ring is 1. The van der Waals surface area contributed by atoms with E-state index in [2.05, 4.69) is 9.97 Å². The number of rotatable bonds is 2. The Morgan fingerprint density at radius 3 is 3.00 bits per heavy atom. The highest BCUT2D eigenvalue weighted by Crippen LogP contribution is 2.06. The largest absolute Gasteiger partial charge is 0.290 e. The molecule has 0 aliphatic carbocycles. The van der Waals surface area contributed by atoms with E-state index < -0.39 is 5.91 Å². The second-order valence-corrected chi connectivity index (χ2v) is 3.28. The number of nitrogens with two attached hydrogens (primary N) is 1. The lowest BCUT2D eigenvalue weighted by molar-refractivity contribution is 0.0949. The van der Waals surface area contributed by atoms with Crippen LogP contribution in [0.4, 0.5) is 0 Å². The molecular formula is C10H11N5O. The molecular weight excluding hydrogens is 206 g/mol.